The van der Waals surface area contributed by atoms with Crippen LogP contribution < -0.4 is 5.73 Å². The standard InChI is InChI=1S/C14H30N2O/c1-2-9-16(10-11-17)13-14(12-15)7-5-3-4-6-8-14/h17H,2-13,15H2,1H3. The molecule has 1 fully saturated rings. The fraction of sp³-hybridized carbons (Fsp3) is 1.00. The van der Waals surface area contributed by atoms with E-state index in [9.17, 15) is 0 Å². The summed E-state index contributed by atoms with van der Waals surface area (Å²) in [4.78, 5) is 2.40. The Hall–Kier alpha value is -0.120. The highest BCUT2D eigenvalue weighted by Gasteiger charge is 2.31. The third-order valence-corrected chi connectivity index (χ3v) is 4.11. The van der Waals surface area contributed by atoms with Crippen molar-refractivity contribution in [2.24, 2.45) is 11.1 Å². The van der Waals surface area contributed by atoms with Gasteiger partial charge in [-0.05, 0) is 37.8 Å². The fourth-order valence-electron chi connectivity index (χ4n) is 3.11. The number of hydrogen-bond donors (Lipinski definition) is 2. The van der Waals surface area contributed by atoms with Gasteiger partial charge in [-0.25, -0.2) is 0 Å². The smallest absolute Gasteiger partial charge is 0.0558 e. The number of rotatable bonds is 7. The summed E-state index contributed by atoms with van der Waals surface area (Å²) in [5, 5.41) is 9.13. The maximum absolute atomic E-state index is 9.13. The van der Waals surface area contributed by atoms with Crippen LogP contribution in [0.15, 0.2) is 0 Å². The topological polar surface area (TPSA) is 49.5 Å². The van der Waals surface area contributed by atoms with Crippen molar-refractivity contribution in [2.45, 2.75) is 51.9 Å². The monoisotopic (exact) mass is 242 g/mol. The Balaban J connectivity index is 2.56. The average molecular weight is 242 g/mol. The van der Waals surface area contributed by atoms with Crippen molar-refractivity contribution in [3.05, 3.63) is 0 Å². The Morgan fingerprint density at radius 3 is 2.24 bits per heavy atom. The highest BCUT2D eigenvalue weighted by molar-refractivity contribution is 4.85. The van der Waals surface area contributed by atoms with E-state index in [0.717, 1.165) is 32.6 Å². The van der Waals surface area contributed by atoms with E-state index in [1.807, 2.05) is 0 Å². The van der Waals surface area contributed by atoms with E-state index < -0.39 is 0 Å². The summed E-state index contributed by atoms with van der Waals surface area (Å²) in [6, 6.07) is 0. The molecule has 0 heterocycles. The van der Waals surface area contributed by atoms with Crippen LogP contribution in [0.25, 0.3) is 0 Å². The predicted molar refractivity (Wildman–Crippen MR) is 73.0 cm³/mol. The highest BCUT2D eigenvalue weighted by atomic mass is 16.3. The Morgan fingerprint density at radius 2 is 1.76 bits per heavy atom. The summed E-state index contributed by atoms with van der Waals surface area (Å²) in [5.41, 5.74) is 6.38. The van der Waals surface area contributed by atoms with Crippen LogP contribution in [-0.4, -0.2) is 42.8 Å². The molecule has 0 radical (unpaired) electrons. The largest absolute Gasteiger partial charge is 0.395 e. The van der Waals surface area contributed by atoms with E-state index in [0.29, 0.717) is 5.41 Å². The number of nitrogens with zero attached hydrogens (tertiary/aromatic N) is 1. The second-order valence-electron chi connectivity index (χ2n) is 5.62. The third-order valence-electron chi connectivity index (χ3n) is 4.11. The van der Waals surface area contributed by atoms with E-state index in [4.69, 9.17) is 10.8 Å². The normalized spacial score (nSPS) is 20.5. The van der Waals surface area contributed by atoms with Crippen molar-refractivity contribution in [3.8, 4) is 0 Å². The molecule has 1 saturated carbocycles. The second-order valence-corrected chi connectivity index (χ2v) is 5.62. The highest BCUT2D eigenvalue weighted by Crippen LogP contribution is 2.34. The lowest BCUT2D eigenvalue weighted by Crippen LogP contribution is -2.43. The average Bonchev–Trinajstić information content (AvgIpc) is 2.56. The molecule has 102 valence electrons. The molecule has 0 aliphatic heterocycles. The molecule has 0 saturated heterocycles. The van der Waals surface area contributed by atoms with Gasteiger partial charge in [0.15, 0.2) is 0 Å². The zero-order valence-corrected chi connectivity index (χ0v) is 11.5. The first kappa shape index (κ1) is 14.9. The second kappa shape index (κ2) is 8.06. The van der Waals surface area contributed by atoms with E-state index in [1.54, 1.807) is 0 Å². The van der Waals surface area contributed by atoms with Crippen molar-refractivity contribution < 1.29 is 5.11 Å². The molecule has 0 aromatic heterocycles. The number of aliphatic hydroxyl groups is 1. The molecular weight excluding hydrogens is 212 g/mol. The molecule has 1 aliphatic carbocycles. The van der Waals surface area contributed by atoms with Gasteiger partial charge in [-0.2, -0.15) is 0 Å². The summed E-state index contributed by atoms with van der Waals surface area (Å²) in [5.74, 6) is 0. The number of nitrogens with two attached hydrogens (primary N) is 1. The SMILES string of the molecule is CCCN(CCO)CC1(CN)CCCCCC1. The van der Waals surface area contributed by atoms with Gasteiger partial charge in [-0.3, -0.25) is 0 Å². The molecule has 1 rings (SSSR count). The van der Waals surface area contributed by atoms with Crippen LogP contribution in [0.5, 0.6) is 0 Å². The van der Waals surface area contributed by atoms with Gasteiger partial charge in [-0.1, -0.05) is 32.6 Å². The molecule has 0 atom stereocenters. The molecule has 3 nitrogen and oxygen atoms in total. The van der Waals surface area contributed by atoms with Gasteiger partial charge in [0.25, 0.3) is 0 Å². The van der Waals surface area contributed by atoms with E-state index in [-0.39, 0.29) is 6.61 Å². The van der Waals surface area contributed by atoms with Gasteiger partial charge in [-0.15, -0.1) is 0 Å². The lowest BCUT2D eigenvalue weighted by molar-refractivity contribution is 0.115. The van der Waals surface area contributed by atoms with Crippen LogP contribution in [0.3, 0.4) is 0 Å². The maximum Gasteiger partial charge on any atom is 0.0558 e. The fourth-order valence-corrected chi connectivity index (χ4v) is 3.11. The van der Waals surface area contributed by atoms with Crippen LogP contribution in [-0.2, 0) is 0 Å². The van der Waals surface area contributed by atoms with Crippen molar-refractivity contribution in [1.82, 2.24) is 4.90 Å². The molecule has 0 amide bonds. The molecular formula is C14H30N2O. The van der Waals surface area contributed by atoms with Crippen LogP contribution in [0.1, 0.15) is 51.9 Å². The van der Waals surface area contributed by atoms with Crippen LogP contribution >= 0.6 is 0 Å². The zero-order valence-electron chi connectivity index (χ0n) is 11.5. The molecule has 0 spiro atoms. The summed E-state index contributed by atoms with van der Waals surface area (Å²) < 4.78 is 0. The van der Waals surface area contributed by atoms with E-state index >= 15 is 0 Å². The zero-order chi connectivity index (χ0) is 12.6. The minimum absolute atomic E-state index is 0.265. The molecule has 0 unspecified atom stereocenters. The van der Waals surface area contributed by atoms with E-state index in [1.165, 1.54) is 38.5 Å². The van der Waals surface area contributed by atoms with Gasteiger partial charge in [0, 0.05) is 13.1 Å². The van der Waals surface area contributed by atoms with Crippen molar-refractivity contribution in [3.63, 3.8) is 0 Å². The minimum Gasteiger partial charge on any atom is -0.395 e. The Bertz CT molecular complexity index is 183. The summed E-state index contributed by atoms with van der Waals surface area (Å²) in [7, 11) is 0. The van der Waals surface area contributed by atoms with Gasteiger partial charge in [0.1, 0.15) is 0 Å². The molecule has 17 heavy (non-hydrogen) atoms. The predicted octanol–water partition coefficient (Wildman–Crippen LogP) is 1.99. The summed E-state index contributed by atoms with van der Waals surface area (Å²) in [6.07, 6.45) is 9.10. The Morgan fingerprint density at radius 1 is 1.12 bits per heavy atom. The van der Waals surface area contributed by atoms with Gasteiger partial charge in [0.2, 0.25) is 0 Å². The number of hydrogen-bond acceptors (Lipinski definition) is 3. The minimum atomic E-state index is 0.265. The van der Waals surface area contributed by atoms with Crippen LogP contribution in [0.4, 0.5) is 0 Å². The third kappa shape index (κ3) is 4.94. The lowest BCUT2D eigenvalue weighted by Gasteiger charge is -2.37. The molecule has 0 aromatic rings. The first-order chi connectivity index (χ1) is 8.26. The molecule has 3 N–H and O–H groups in total. The Labute approximate surface area is 106 Å². The van der Waals surface area contributed by atoms with Crippen molar-refractivity contribution in [2.75, 3.05) is 32.8 Å². The molecule has 3 heteroatoms. The first-order valence-corrected chi connectivity index (χ1v) is 7.29. The maximum atomic E-state index is 9.13. The van der Waals surface area contributed by atoms with Gasteiger partial charge >= 0.3 is 0 Å². The van der Waals surface area contributed by atoms with Crippen LogP contribution in [0, 0.1) is 5.41 Å². The molecule has 1 aliphatic rings. The van der Waals surface area contributed by atoms with Crippen molar-refractivity contribution in [1.29, 1.82) is 0 Å². The molecule has 0 aromatic carbocycles. The Kier molecular flexibility index (Phi) is 7.09. The molecule has 0 bridgehead atoms. The quantitative estimate of drug-likeness (QED) is 0.671. The van der Waals surface area contributed by atoms with Crippen LogP contribution in [0.2, 0.25) is 0 Å². The van der Waals surface area contributed by atoms with E-state index in [2.05, 4.69) is 11.8 Å². The summed E-state index contributed by atoms with van der Waals surface area (Å²) >= 11 is 0. The number of aliphatic hydroxyl groups excluding tert-OH is 1. The van der Waals surface area contributed by atoms with Gasteiger partial charge in [0.05, 0.1) is 6.61 Å². The van der Waals surface area contributed by atoms with Crippen molar-refractivity contribution >= 4 is 0 Å². The lowest BCUT2D eigenvalue weighted by atomic mass is 9.80. The summed E-state index contributed by atoms with van der Waals surface area (Å²) in [6.45, 7) is 6.24. The first-order valence-electron chi connectivity index (χ1n) is 7.29. The van der Waals surface area contributed by atoms with Gasteiger partial charge < -0.3 is 15.7 Å².